The molecular formula is C15H16N2. The number of hydrogen-bond donors (Lipinski definition) is 0. The second kappa shape index (κ2) is 5.30. The molecule has 1 aromatic rings. The zero-order valence-corrected chi connectivity index (χ0v) is 10.2. The van der Waals surface area contributed by atoms with Gasteiger partial charge in [0.05, 0.1) is 5.69 Å². The molecule has 86 valence electrons. The second-order valence-electron chi connectivity index (χ2n) is 4.12. The Morgan fingerprint density at radius 3 is 2.59 bits per heavy atom. The Bertz CT molecular complexity index is 491. The zero-order chi connectivity index (χ0) is 12.1. The van der Waals surface area contributed by atoms with Crippen molar-refractivity contribution in [1.82, 2.24) is 4.90 Å². The van der Waals surface area contributed by atoms with Crippen LogP contribution in [0.2, 0.25) is 0 Å². The van der Waals surface area contributed by atoms with Crippen molar-refractivity contribution < 1.29 is 0 Å². The van der Waals surface area contributed by atoms with E-state index in [2.05, 4.69) is 23.3 Å². The maximum absolute atomic E-state index is 4.45. The average molecular weight is 224 g/mol. The molecule has 0 amide bonds. The minimum absolute atomic E-state index is 0.976. The minimum atomic E-state index is 0.976. The van der Waals surface area contributed by atoms with Gasteiger partial charge in [0.25, 0.3) is 0 Å². The third-order valence-electron chi connectivity index (χ3n) is 2.39. The first-order chi connectivity index (χ1) is 8.25. The first-order valence-corrected chi connectivity index (χ1v) is 5.62. The Morgan fingerprint density at radius 2 is 1.88 bits per heavy atom. The van der Waals surface area contributed by atoms with Crippen LogP contribution in [0, 0.1) is 0 Å². The molecule has 0 bridgehead atoms. The molecule has 0 fully saturated rings. The van der Waals surface area contributed by atoms with Gasteiger partial charge in [-0.15, -0.1) is 0 Å². The van der Waals surface area contributed by atoms with Crippen molar-refractivity contribution in [3.8, 4) is 0 Å². The molecule has 1 aliphatic rings. The van der Waals surface area contributed by atoms with Crippen LogP contribution in [0.4, 0.5) is 5.69 Å². The third kappa shape index (κ3) is 3.18. The van der Waals surface area contributed by atoms with E-state index in [1.165, 1.54) is 5.57 Å². The molecule has 0 heterocycles. The molecule has 0 aromatic heterocycles. The summed E-state index contributed by atoms with van der Waals surface area (Å²) in [5.74, 6) is 0. The van der Waals surface area contributed by atoms with E-state index < -0.39 is 0 Å². The van der Waals surface area contributed by atoms with Crippen LogP contribution in [0.25, 0.3) is 0 Å². The summed E-state index contributed by atoms with van der Waals surface area (Å²) in [7, 11) is 4.04. The lowest BCUT2D eigenvalue weighted by atomic mass is 10.1. The summed E-state index contributed by atoms with van der Waals surface area (Å²) in [4.78, 5) is 6.49. The van der Waals surface area contributed by atoms with Gasteiger partial charge in [0.2, 0.25) is 0 Å². The summed E-state index contributed by atoms with van der Waals surface area (Å²) in [5.41, 5.74) is 3.31. The van der Waals surface area contributed by atoms with Crippen molar-refractivity contribution in [2.24, 2.45) is 4.99 Å². The molecular weight excluding hydrogens is 208 g/mol. The fraction of sp³-hybridized carbons (Fsp3) is 0.133. The smallest absolute Gasteiger partial charge is 0.0629 e. The van der Waals surface area contributed by atoms with E-state index in [-0.39, 0.29) is 0 Å². The van der Waals surface area contributed by atoms with E-state index in [1.54, 1.807) is 0 Å². The maximum atomic E-state index is 4.45. The molecule has 1 aliphatic carbocycles. The van der Waals surface area contributed by atoms with E-state index in [4.69, 9.17) is 0 Å². The fourth-order valence-electron chi connectivity index (χ4n) is 1.62. The van der Waals surface area contributed by atoms with Crippen LogP contribution in [0.15, 0.2) is 70.9 Å². The lowest BCUT2D eigenvalue weighted by Crippen LogP contribution is -2.02. The molecule has 0 radical (unpaired) electrons. The molecule has 0 N–H and O–H groups in total. The van der Waals surface area contributed by atoms with Crippen LogP contribution in [0.5, 0.6) is 0 Å². The Hall–Kier alpha value is -2.09. The van der Waals surface area contributed by atoms with E-state index in [0.717, 1.165) is 11.3 Å². The standard InChI is InChI=1S/C15H16N2/c1-17(2)12-14-8-6-7-13(14)11-16-15-9-4-3-5-10-15/h3-12H,1-2H3/b14-12+,16-11?. The van der Waals surface area contributed by atoms with E-state index >= 15 is 0 Å². The molecule has 0 spiro atoms. The Labute approximate surface area is 102 Å². The molecule has 2 heteroatoms. The summed E-state index contributed by atoms with van der Waals surface area (Å²) >= 11 is 0. The third-order valence-corrected chi connectivity index (χ3v) is 2.39. The lowest BCUT2D eigenvalue weighted by molar-refractivity contribution is 0.561. The Morgan fingerprint density at radius 1 is 1.12 bits per heavy atom. The molecule has 2 nitrogen and oxygen atoms in total. The van der Waals surface area contributed by atoms with Gasteiger partial charge in [-0.3, -0.25) is 4.99 Å². The summed E-state index contributed by atoms with van der Waals surface area (Å²) in [6.45, 7) is 0. The van der Waals surface area contributed by atoms with Gasteiger partial charge in [0.1, 0.15) is 0 Å². The number of aliphatic imine (C=N–C) groups is 1. The van der Waals surface area contributed by atoms with Crippen molar-refractivity contribution in [2.75, 3.05) is 14.1 Å². The topological polar surface area (TPSA) is 15.6 Å². The highest BCUT2D eigenvalue weighted by atomic mass is 15.0. The van der Waals surface area contributed by atoms with Crippen molar-refractivity contribution in [2.45, 2.75) is 0 Å². The SMILES string of the molecule is CN(C)/C=C1\C=CC=C1C=Nc1ccccc1. The van der Waals surface area contributed by atoms with Crippen molar-refractivity contribution >= 4 is 11.9 Å². The molecule has 0 saturated heterocycles. The van der Waals surface area contributed by atoms with Gasteiger partial charge in [-0.2, -0.15) is 0 Å². The number of rotatable bonds is 3. The second-order valence-corrected chi connectivity index (χ2v) is 4.12. The summed E-state index contributed by atoms with van der Waals surface area (Å²) in [6, 6.07) is 9.96. The quantitative estimate of drug-likeness (QED) is 0.719. The molecule has 0 saturated carbocycles. The van der Waals surface area contributed by atoms with Crippen LogP contribution < -0.4 is 0 Å². The molecule has 0 unspecified atom stereocenters. The van der Waals surface area contributed by atoms with Crippen LogP contribution in [-0.2, 0) is 0 Å². The monoisotopic (exact) mass is 224 g/mol. The zero-order valence-electron chi connectivity index (χ0n) is 10.2. The van der Waals surface area contributed by atoms with Gasteiger partial charge in [-0.05, 0) is 17.7 Å². The summed E-state index contributed by atoms with van der Waals surface area (Å²) in [5, 5.41) is 0. The Kier molecular flexibility index (Phi) is 3.55. The minimum Gasteiger partial charge on any atom is -0.383 e. The highest BCUT2D eigenvalue weighted by molar-refractivity contribution is 5.89. The number of benzene rings is 1. The molecule has 0 aliphatic heterocycles. The molecule has 1 aromatic carbocycles. The molecule has 2 rings (SSSR count). The lowest BCUT2D eigenvalue weighted by Gasteiger charge is -2.07. The summed E-state index contributed by atoms with van der Waals surface area (Å²) in [6.07, 6.45) is 10.2. The maximum Gasteiger partial charge on any atom is 0.0629 e. The van der Waals surface area contributed by atoms with Crippen LogP contribution >= 0.6 is 0 Å². The van der Waals surface area contributed by atoms with Gasteiger partial charge in [0, 0.05) is 32.1 Å². The number of para-hydroxylation sites is 1. The predicted octanol–water partition coefficient (Wildman–Crippen LogP) is 3.33. The first-order valence-electron chi connectivity index (χ1n) is 5.62. The van der Waals surface area contributed by atoms with Gasteiger partial charge in [-0.1, -0.05) is 36.4 Å². The van der Waals surface area contributed by atoms with E-state index in [0.29, 0.717) is 0 Å². The van der Waals surface area contributed by atoms with Gasteiger partial charge < -0.3 is 4.90 Å². The van der Waals surface area contributed by atoms with Crippen LogP contribution in [0.1, 0.15) is 0 Å². The van der Waals surface area contributed by atoms with Crippen LogP contribution in [0.3, 0.4) is 0 Å². The van der Waals surface area contributed by atoms with E-state index in [1.807, 2.05) is 61.6 Å². The van der Waals surface area contributed by atoms with Gasteiger partial charge in [-0.25, -0.2) is 0 Å². The van der Waals surface area contributed by atoms with Crippen LogP contribution in [-0.4, -0.2) is 25.2 Å². The van der Waals surface area contributed by atoms with Crippen molar-refractivity contribution in [3.05, 3.63) is 65.9 Å². The first kappa shape index (κ1) is 11.4. The average Bonchev–Trinajstić information content (AvgIpc) is 2.74. The van der Waals surface area contributed by atoms with Gasteiger partial charge in [0.15, 0.2) is 0 Å². The molecule has 0 atom stereocenters. The van der Waals surface area contributed by atoms with Gasteiger partial charge >= 0.3 is 0 Å². The highest BCUT2D eigenvalue weighted by Crippen LogP contribution is 2.18. The summed E-state index contributed by atoms with van der Waals surface area (Å²) < 4.78 is 0. The normalized spacial score (nSPS) is 16.8. The predicted molar refractivity (Wildman–Crippen MR) is 73.6 cm³/mol. The highest BCUT2D eigenvalue weighted by Gasteiger charge is 2.03. The van der Waals surface area contributed by atoms with Crippen molar-refractivity contribution in [3.63, 3.8) is 0 Å². The largest absolute Gasteiger partial charge is 0.383 e. The fourth-order valence-corrected chi connectivity index (χ4v) is 1.62. The number of nitrogens with zero attached hydrogens (tertiary/aromatic N) is 2. The Balaban J connectivity index is 2.13. The van der Waals surface area contributed by atoms with E-state index in [9.17, 15) is 0 Å². The van der Waals surface area contributed by atoms with Crippen molar-refractivity contribution in [1.29, 1.82) is 0 Å². The number of allylic oxidation sites excluding steroid dienone is 5. The number of hydrogen-bond acceptors (Lipinski definition) is 2. The molecule has 17 heavy (non-hydrogen) atoms.